The van der Waals surface area contributed by atoms with Crippen LogP contribution in [-0.4, -0.2) is 28.1 Å². The highest BCUT2D eigenvalue weighted by Crippen LogP contribution is 2.30. The Kier molecular flexibility index (Phi) is 4.77. The summed E-state index contributed by atoms with van der Waals surface area (Å²) in [6, 6.07) is 15.3. The molecule has 1 fully saturated rings. The summed E-state index contributed by atoms with van der Waals surface area (Å²) < 4.78 is 2.29. The van der Waals surface area contributed by atoms with Crippen molar-refractivity contribution < 1.29 is 4.79 Å². The van der Waals surface area contributed by atoms with Crippen LogP contribution in [0.2, 0.25) is 0 Å². The van der Waals surface area contributed by atoms with Gasteiger partial charge in [0.15, 0.2) is 0 Å². The standard InChI is InChI=1S/C21H27N3O/c25-21(22-18-10-5-2-6-11-18)24-15-14-23-13-7-12-19(23)20(24)16-17-8-3-1-4-9-17/h1,3-4,7-9,12-13,18,20H,2,5-6,10-11,14-16H2,(H,22,25)/t20-/m0/s1. The number of fused-ring (bicyclic) bond motifs is 1. The third kappa shape index (κ3) is 3.58. The van der Waals surface area contributed by atoms with Crippen LogP contribution in [0, 0.1) is 0 Å². The first kappa shape index (κ1) is 16.2. The summed E-state index contributed by atoms with van der Waals surface area (Å²) >= 11 is 0. The molecule has 1 saturated carbocycles. The summed E-state index contributed by atoms with van der Waals surface area (Å²) in [6.07, 6.45) is 9.02. The molecule has 0 bridgehead atoms. The second-order valence-electron chi connectivity index (χ2n) is 7.31. The van der Waals surface area contributed by atoms with E-state index in [1.54, 1.807) is 0 Å². The Morgan fingerprint density at radius 2 is 1.80 bits per heavy atom. The molecule has 1 aliphatic heterocycles. The van der Waals surface area contributed by atoms with Gasteiger partial charge >= 0.3 is 6.03 Å². The Bertz CT molecular complexity index is 703. The van der Waals surface area contributed by atoms with Crippen molar-refractivity contribution in [2.24, 2.45) is 0 Å². The number of benzene rings is 1. The highest BCUT2D eigenvalue weighted by Gasteiger charge is 2.32. The molecule has 4 heteroatoms. The minimum Gasteiger partial charge on any atom is -0.348 e. The smallest absolute Gasteiger partial charge is 0.318 e. The maximum Gasteiger partial charge on any atom is 0.318 e. The largest absolute Gasteiger partial charge is 0.348 e. The molecule has 1 aliphatic carbocycles. The zero-order valence-corrected chi connectivity index (χ0v) is 14.7. The van der Waals surface area contributed by atoms with Gasteiger partial charge in [-0.3, -0.25) is 0 Å². The first-order valence-corrected chi connectivity index (χ1v) is 9.57. The third-order valence-electron chi connectivity index (χ3n) is 5.63. The van der Waals surface area contributed by atoms with Crippen LogP contribution >= 0.6 is 0 Å². The number of amides is 2. The van der Waals surface area contributed by atoms with Crippen molar-refractivity contribution in [2.75, 3.05) is 6.54 Å². The molecule has 4 rings (SSSR count). The van der Waals surface area contributed by atoms with Gasteiger partial charge in [0.2, 0.25) is 0 Å². The summed E-state index contributed by atoms with van der Waals surface area (Å²) in [6.45, 7) is 1.66. The quantitative estimate of drug-likeness (QED) is 0.898. The Morgan fingerprint density at radius 3 is 2.60 bits per heavy atom. The second-order valence-corrected chi connectivity index (χ2v) is 7.31. The summed E-state index contributed by atoms with van der Waals surface area (Å²) in [5.41, 5.74) is 2.52. The molecule has 0 spiro atoms. The predicted octanol–water partition coefficient (Wildman–Crippen LogP) is 4.13. The van der Waals surface area contributed by atoms with E-state index in [0.717, 1.165) is 32.4 Å². The zero-order chi connectivity index (χ0) is 17.1. The van der Waals surface area contributed by atoms with Crippen molar-refractivity contribution in [3.05, 3.63) is 59.9 Å². The molecule has 4 nitrogen and oxygen atoms in total. The van der Waals surface area contributed by atoms with Crippen molar-refractivity contribution in [3.8, 4) is 0 Å². The van der Waals surface area contributed by atoms with Gasteiger partial charge < -0.3 is 14.8 Å². The van der Waals surface area contributed by atoms with Crippen molar-refractivity contribution in [1.29, 1.82) is 0 Å². The Labute approximate surface area is 149 Å². The highest BCUT2D eigenvalue weighted by atomic mass is 16.2. The van der Waals surface area contributed by atoms with Gasteiger partial charge in [0.25, 0.3) is 0 Å². The van der Waals surface area contributed by atoms with Crippen LogP contribution in [0.5, 0.6) is 0 Å². The van der Waals surface area contributed by atoms with E-state index in [4.69, 9.17) is 0 Å². The number of carbonyl (C=O) groups excluding carboxylic acids is 1. The topological polar surface area (TPSA) is 37.3 Å². The van der Waals surface area contributed by atoms with Crippen LogP contribution in [0.4, 0.5) is 4.79 Å². The van der Waals surface area contributed by atoms with Gasteiger partial charge in [-0.15, -0.1) is 0 Å². The molecule has 0 radical (unpaired) electrons. The molecule has 0 saturated heterocycles. The third-order valence-corrected chi connectivity index (χ3v) is 5.63. The zero-order valence-electron chi connectivity index (χ0n) is 14.7. The van der Waals surface area contributed by atoms with Crippen LogP contribution in [0.25, 0.3) is 0 Å². The van der Waals surface area contributed by atoms with Crippen molar-refractivity contribution in [1.82, 2.24) is 14.8 Å². The summed E-state index contributed by atoms with van der Waals surface area (Å²) in [4.78, 5) is 15.1. The molecular weight excluding hydrogens is 310 g/mol. The predicted molar refractivity (Wildman–Crippen MR) is 99.4 cm³/mol. The van der Waals surface area contributed by atoms with E-state index in [9.17, 15) is 4.79 Å². The van der Waals surface area contributed by atoms with E-state index >= 15 is 0 Å². The minimum atomic E-state index is 0.106. The molecule has 2 amide bonds. The second kappa shape index (κ2) is 7.34. The van der Waals surface area contributed by atoms with Crippen LogP contribution in [0.15, 0.2) is 48.7 Å². The van der Waals surface area contributed by atoms with Crippen molar-refractivity contribution >= 4 is 6.03 Å². The minimum absolute atomic E-state index is 0.106. The van der Waals surface area contributed by atoms with Gasteiger partial charge in [-0.05, 0) is 37.0 Å². The lowest BCUT2D eigenvalue weighted by Gasteiger charge is -2.38. The lowest BCUT2D eigenvalue weighted by Crippen LogP contribution is -2.50. The number of carbonyl (C=O) groups is 1. The molecule has 0 unspecified atom stereocenters. The van der Waals surface area contributed by atoms with Gasteiger partial charge in [0.1, 0.15) is 0 Å². The molecule has 2 heterocycles. The molecule has 132 valence electrons. The molecule has 1 aromatic heterocycles. The molecular formula is C21H27N3O. The normalized spacial score (nSPS) is 21.0. The van der Waals surface area contributed by atoms with Gasteiger partial charge in [-0.2, -0.15) is 0 Å². The van der Waals surface area contributed by atoms with Crippen LogP contribution in [0.3, 0.4) is 0 Å². The lowest BCUT2D eigenvalue weighted by atomic mass is 9.95. The van der Waals surface area contributed by atoms with E-state index in [0.29, 0.717) is 6.04 Å². The number of urea groups is 1. The summed E-state index contributed by atoms with van der Waals surface area (Å²) in [5, 5.41) is 3.31. The van der Waals surface area contributed by atoms with Gasteiger partial charge in [0, 0.05) is 31.0 Å². The lowest BCUT2D eigenvalue weighted by molar-refractivity contribution is 0.149. The molecule has 1 N–H and O–H groups in total. The Balaban J connectivity index is 1.53. The van der Waals surface area contributed by atoms with E-state index in [2.05, 4.69) is 57.4 Å². The fraction of sp³-hybridized carbons (Fsp3) is 0.476. The number of rotatable bonds is 3. The van der Waals surface area contributed by atoms with Crippen molar-refractivity contribution in [3.63, 3.8) is 0 Å². The molecule has 2 aromatic rings. The van der Waals surface area contributed by atoms with E-state index < -0.39 is 0 Å². The molecule has 1 aromatic carbocycles. The Hall–Kier alpha value is -2.23. The monoisotopic (exact) mass is 337 g/mol. The van der Waals surface area contributed by atoms with Gasteiger partial charge in [0.05, 0.1) is 6.04 Å². The number of hydrogen-bond donors (Lipinski definition) is 1. The first-order chi connectivity index (χ1) is 12.3. The average molecular weight is 337 g/mol. The van der Waals surface area contributed by atoms with E-state index in [1.165, 1.54) is 30.5 Å². The van der Waals surface area contributed by atoms with Crippen LogP contribution in [-0.2, 0) is 13.0 Å². The number of hydrogen-bond acceptors (Lipinski definition) is 1. The number of aromatic nitrogens is 1. The van der Waals surface area contributed by atoms with Crippen LogP contribution < -0.4 is 5.32 Å². The van der Waals surface area contributed by atoms with Crippen molar-refractivity contribution in [2.45, 2.75) is 57.2 Å². The number of nitrogens with zero attached hydrogens (tertiary/aromatic N) is 2. The summed E-state index contributed by atoms with van der Waals surface area (Å²) in [5.74, 6) is 0. The van der Waals surface area contributed by atoms with Gasteiger partial charge in [-0.1, -0.05) is 49.6 Å². The van der Waals surface area contributed by atoms with E-state index in [-0.39, 0.29) is 12.1 Å². The maximum atomic E-state index is 13.0. The average Bonchev–Trinajstić information content (AvgIpc) is 3.13. The fourth-order valence-electron chi connectivity index (χ4n) is 4.26. The fourth-order valence-corrected chi connectivity index (χ4v) is 4.26. The van der Waals surface area contributed by atoms with Crippen LogP contribution in [0.1, 0.15) is 49.4 Å². The molecule has 25 heavy (non-hydrogen) atoms. The van der Waals surface area contributed by atoms with Gasteiger partial charge in [-0.25, -0.2) is 4.79 Å². The first-order valence-electron chi connectivity index (χ1n) is 9.57. The SMILES string of the molecule is O=C(NC1CCCCC1)N1CCn2cccc2[C@@H]1Cc1ccccc1. The summed E-state index contributed by atoms with van der Waals surface area (Å²) in [7, 11) is 0. The maximum absolute atomic E-state index is 13.0. The molecule has 1 atom stereocenters. The molecule has 2 aliphatic rings. The van der Waals surface area contributed by atoms with E-state index in [1.807, 2.05) is 6.07 Å². The Morgan fingerprint density at radius 1 is 1.00 bits per heavy atom. The number of nitrogens with one attached hydrogen (secondary N) is 1. The highest BCUT2D eigenvalue weighted by molar-refractivity contribution is 5.75.